The molecule has 0 unspecified atom stereocenters. The molecular formula is C19H18N2O2S. The molecule has 0 atom stereocenters. The lowest BCUT2D eigenvalue weighted by atomic mass is 10.1. The molecule has 2 aromatic carbocycles. The standard InChI is InChI=1S/C19H18N2O2S/c1-12-8-9-15(10-13(12)2)20-19-21-18(22)17(24-19)11-14-6-4-5-7-16(14)23-3/h4-11H,1-3H3,(H,20,21,22)/b17-11+. The number of hydrogen-bond acceptors (Lipinski definition) is 4. The molecule has 1 amide bonds. The van der Waals surface area contributed by atoms with Gasteiger partial charge in [-0.05, 0) is 61.0 Å². The van der Waals surface area contributed by atoms with E-state index in [0.29, 0.717) is 10.1 Å². The number of aryl methyl sites for hydroxylation is 2. The number of carbonyl (C=O) groups excluding carboxylic acids is 1. The van der Waals surface area contributed by atoms with Crippen LogP contribution >= 0.6 is 11.8 Å². The number of ether oxygens (including phenoxy) is 1. The van der Waals surface area contributed by atoms with Gasteiger partial charge in [-0.1, -0.05) is 24.3 Å². The molecule has 122 valence electrons. The van der Waals surface area contributed by atoms with Crippen LogP contribution in [0, 0.1) is 13.8 Å². The highest BCUT2D eigenvalue weighted by Crippen LogP contribution is 2.30. The van der Waals surface area contributed by atoms with Crippen LogP contribution in [0.3, 0.4) is 0 Å². The lowest BCUT2D eigenvalue weighted by Gasteiger charge is -2.03. The van der Waals surface area contributed by atoms with E-state index in [0.717, 1.165) is 17.0 Å². The van der Waals surface area contributed by atoms with Crippen LogP contribution in [-0.4, -0.2) is 18.2 Å². The molecule has 0 radical (unpaired) electrons. The smallest absolute Gasteiger partial charge is 0.264 e. The number of nitrogens with one attached hydrogen (secondary N) is 1. The highest BCUT2D eigenvalue weighted by Gasteiger charge is 2.24. The van der Waals surface area contributed by atoms with E-state index in [1.165, 1.54) is 22.9 Å². The van der Waals surface area contributed by atoms with Gasteiger partial charge in [0.25, 0.3) is 5.91 Å². The summed E-state index contributed by atoms with van der Waals surface area (Å²) >= 11 is 1.33. The number of rotatable bonds is 3. The Hall–Kier alpha value is -2.53. The number of methoxy groups -OCH3 is 1. The molecule has 0 aliphatic carbocycles. The van der Waals surface area contributed by atoms with Crippen LogP contribution in [-0.2, 0) is 4.79 Å². The fraction of sp³-hybridized carbons (Fsp3) is 0.158. The first-order chi connectivity index (χ1) is 11.6. The Bertz CT molecular complexity index is 856. The molecule has 0 saturated carbocycles. The zero-order valence-corrected chi connectivity index (χ0v) is 14.6. The maximum absolute atomic E-state index is 12.2. The summed E-state index contributed by atoms with van der Waals surface area (Å²) < 4.78 is 5.32. The Kier molecular flexibility index (Phi) is 4.71. The molecule has 4 nitrogen and oxygen atoms in total. The number of aliphatic imine (C=N–C) groups is 1. The first-order valence-corrected chi connectivity index (χ1v) is 8.38. The van der Waals surface area contributed by atoms with Crippen LogP contribution in [0.15, 0.2) is 52.4 Å². The average molecular weight is 338 g/mol. The lowest BCUT2D eigenvalue weighted by Crippen LogP contribution is -2.19. The van der Waals surface area contributed by atoms with Gasteiger partial charge in [0.2, 0.25) is 0 Å². The highest BCUT2D eigenvalue weighted by molar-refractivity contribution is 8.18. The Morgan fingerprint density at radius 3 is 2.67 bits per heavy atom. The monoisotopic (exact) mass is 338 g/mol. The van der Waals surface area contributed by atoms with Crippen LogP contribution in [0.25, 0.3) is 6.08 Å². The second-order valence-electron chi connectivity index (χ2n) is 5.49. The van der Waals surface area contributed by atoms with Crippen molar-refractivity contribution in [3.8, 4) is 5.75 Å². The third kappa shape index (κ3) is 3.51. The van der Waals surface area contributed by atoms with Crippen molar-refractivity contribution in [2.45, 2.75) is 13.8 Å². The van der Waals surface area contributed by atoms with E-state index in [2.05, 4.69) is 17.2 Å². The maximum Gasteiger partial charge on any atom is 0.264 e. The minimum atomic E-state index is -0.145. The maximum atomic E-state index is 12.2. The summed E-state index contributed by atoms with van der Waals surface area (Å²) in [6.07, 6.45) is 1.82. The third-order valence-electron chi connectivity index (χ3n) is 3.80. The molecule has 2 aromatic rings. The van der Waals surface area contributed by atoms with Crippen LogP contribution in [0.4, 0.5) is 5.69 Å². The van der Waals surface area contributed by atoms with Crippen molar-refractivity contribution in [3.05, 3.63) is 64.1 Å². The SMILES string of the molecule is COc1ccccc1/C=C1/SC(=Nc2ccc(C)c(C)c2)NC1=O. The summed E-state index contributed by atoms with van der Waals surface area (Å²) in [6, 6.07) is 13.6. The van der Waals surface area contributed by atoms with Crippen molar-refractivity contribution in [2.24, 2.45) is 4.99 Å². The van der Waals surface area contributed by atoms with E-state index >= 15 is 0 Å². The van der Waals surface area contributed by atoms with E-state index in [1.807, 2.05) is 55.5 Å². The first-order valence-electron chi connectivity index (χ1n) is 7.56. The highest BCUT2D eigenvalue weighted by atomic mass is 32.2. The summed E-state index contributed by atoms with van der Waals surface area (Å²) in [7, 11) is 1.62. The van der Waals surface area contributed by atoms with Gasteiger partial charge in [0.05, 0.1) is 17.7 Å². The molecule has 1 heterocycles. The molecule has 0 aromatic heterocycles. The topological polar surface area (TPSA) is 50.7 Å². The van der Waals surface area contributed by atoms with Gasteiger partial charge in [-0.15, -0.1) is 0 Å². The fourth-order valence-corrected chi connectivity index (χ4v) is 3.15. The molecule has 1 fully saturated rings. The number of para-hydroxylation sites is 1. The molecule has 1 saturated heterocycles. The predicted molar refractivity (Wildman–Crippen MR) is 99.7 cm³/mol. The van der Waals surface area contributed by atoms with Crippen molar-refractivity contribution in [1.29, 1.82) is 0 Å². The van der Waals surface area contributed by atoms with E-state index in [4.69, 9.17) is 4.74 Å². The van der Waals surface area contributed by atoms with E-state index in [1.54, 1.807) is 7.11 Å². The molecule has 3 rings (SSSR count). The zero-order chi connectivity index (χ0) is 17.1. The molecule has 0 bridgehead atoms. The first kappa shape index (κ1) is 16.3. The average Bonchev–Trinajstić information content (AvgIpc) is 2.91. The molecule has 24 heavy (non-hydrogen) atoms. The lowest BCUT2D eigenvalue weighted by molar-refractivity contribution is -0.115. The third-order valence-corrected chi connectivity index (χ3v) is 4.71. The number of hydrogen-bond donors (Lipinski definition) is 1. The molecule has 5 heteroatoms. The Balaban J connectivity index is 1.86. The van der Waals surface area contributed by atoms with E-state index in [-0.39, 0.29) is 5.91 Å². The van der Waals surface area contributed by atoms with Gasteiger partial charge in [0.15, 0.2) is 5.17 Å². The quantitative estimate of drug-likeness (QED) is 0.853. The Morgan fingerprint density at radius 1 is 1.12 bits per heavy atom. The Morgan fingerprint density at radius 2 is 1.92 bits per heavy atom. The molecule has 1 aliphatic heterocycles. The zero-order valence-electron chi connectivity index (χ0n) is 13.8. The van der Waals surface area contributed by atoms with Gasteiger partial charge < -0.3 is 10.1 Å². The second kappa shape index (κ2) is 6.93. The van der Waals surface area contributed by atoms with Gasteiger partial charge in [-0.25, -0.2) is 4.99 Å². The molecule has 1 N–H and O–H groups in total. The van der Waals surface area contributed by atoms with Crippen LogP contribution < -0.4 is 10.1 Å². The predicted octanol–water partition coefficient (Wildman–Crippen LogP) is 4.20. The summed E-state index contributed by atoms with van der Waals surface area (Å²) in [5.41, 5.74) is 4.10. The van der Waals surface area contributed by atoms with Gasteiger partial charge >= 0.3 is 0 Å². The van der Waals surface area contributed by atoms with Crippen molar-refractivity contribution < 1.29 is 9.53 Å². The van der Waals surface area contributed by atoms with Crippen LogP contribution in [0.5, 0.6) is 5.75 Å². The number of nitrogens with zero attached hydrogens (tertiary/aromatic N) is 1. The number of benzene rings is 2. The molecule has 1 aliphatic rings. The number of carbonyl (C=O) groups is 1. The summed E-state index contributed by atoms with van der Waals surface area (Å²) in [5, 5.41) is 3.40. The van der Waals surface area contributed by atoms with Gasteiger partial charge in [0.1, 0.15) is 5.75 Å². The Labute approximate surface area is 145 Å². The fourth-order valence-electron chi connectivity index (χ4n) is 2.32. The number of thioether (sulfide) groups is 1. The van der Waals surface area contributed by atoms with Gasteiger partial charge in [-0.3, -0.25) is 4.79 Å². The second-order valence-corrected chi connectivity index (χ2v) is 6.52. The van der Waals surface area contributed by atoms with Crippen molar-refractivity contribution in [2.75, 3.05) is 7.11 Å². The van der Waals surface area contributed by atoms with Crippen molar-refractivity contribution in [3.63, 3.8) is 0 Å². The van der Waals surface area contributed by atoms with Crippen molar-refractivity contribution >= 4 is 34.6 Å². The van der Waals surface area contributed by atoms with Gasteiger partial charge in [-0.2, -0.15) is 0 Å². The van der Waals surface area contributed by atoms with E-state index < -0.39 is 0 Å². The largest absolute Gasteiger partial charge is 0.496 e. The number of amidine groups is 1. The van der Waals surface area contributed by atoms with Crippen LogP contribution in [0.1, 0.15) is 16.7 Å². The number of amides is 1. The summed E-state index contributed by atoms with van der Waals surface area (Å²) in [6.45, 7) is 4.11. The normalized spacial score (nSPS) is 17.4. The molecule has 0 spiro atoms. The van der Waals surface area contributed by atoms with Crippen molar-refractivity contribution in [1.82, 2.24) is 5.32 Å². The minimum Gasteiger partial charge on any atom is -0.496 e. The summed E-state index contributed by atoms with van der Waals surface area (Å²) in [5.74, 6) is 0.589. The van der Waals surface area contributed by atoms with Gasteiger partial charge in [0, 0.05) is 5.56 Å². The summed E-state index contributed by atoms with van der Waals surface area (Å²) in [4.78, 5) is 17.3. The van der Waals surface area contributed by atoms with E-state index in [9.17, 15) is 4.79 Å². The minimum absolute atomic E-state index is 0.145. The molecular weight excluding hydrogens is 320 g/mol. The van der Waals surface area contributed by atoms with Crippen LogP contribution in [0.2, 0.25) is 0 Å².